The topological polar surface area (TPSA) is 70.2 Å². The van der Waals surface area contributed by atoms with E-state index in [2.05, 4.69) is 6.58 Å². The fraction of sp³-hybridized carbons (Fsp3) is 0.469. The number of anilines is 2. The standard InChI is InChI=1S/C32H29Cl4F2N3O4/c1-2-7-45-29(43)26-25(28(42)39(14-16-3-4-16)21-9-17(33)8-18(34)10-21)24-13-31(37,38)15-40(24)32(26)22-11-19(35)12-23(36)27(22)41(30(32)44)20-5-6-20/h2,8-12,16,20,24-26H,1,3-7,13-15H2/t24-,25+,26-,32+/m1/s1. The van der Waals surface area contributed by atoms with E-state index in [1.165, 1.54) is 39.0 Å². The molecule has 0 unspecified atom stereocenters. The van der Waals surface area contributed by atoms with Crippen LogP contribution in [0.4, 0.5) is 20.2 Å². The third-order valence-corrected chi connectivity index (χ3v) is 10.5. The number of amides is 2. The van der Waals surface area contributed by atoms with E-state index in [9.17, 15) is 14.4 Å². The van der Waals surface area contributed by atoms with Crippen molar-refractivity contribution in [3.05, 3.63) is 68.6 Å². The minimum absolute atomic E-state index is 0.161. The van der Waals surface area contributed by atoms with Gasteiger partial charge in [-0.2, -0.15) is 0 Å². The number of hydrogen-bond acceptors (Lipinski definition) is 5. The summed E-state index contributed by atoms with van der Waals surface area (Å²) >= 11 is 25.9. The van der Waals surface area contributed by atoms with Crippen LogP contribution in [-0.4, -0.2) is 60.4 Å². The van der Waals surface area contributed by atoms with Crippen molar-refractivity contribution in [1.82, 2.24) is 4.90 Å². The van der Waals surface area contributed by atoms with Crippen molar-refractivity contribution in [1.29, 1.82) is 0 Å². The lowest BCUT2D eigenvalue weighted by atomic mass is 9.73. The highest BCUT2D eigenvalue weighted by atomic mass is 35.5. The zero-order valence-electron chi connectivity index (χ0n) is 24.0. The molecular formula is C32H29Cl4F2N3O4. The molecule has 7 rings (SSSR count). The molecule has 2 aliphatic carbocycles. The molecule has 2 amide bonds. The van der Waals surface area contributed by atoms with E-state index >= 15 is 8.78 Å². The first-order valence-corrected chi connectivity index (χ1v) is 16.4. The highest BCUT2D eigenvalue weighted by molar-refractivity contribution is 6.38. The van der Waals surface area contributed by atoms with E-state index in [4.69, 9.17) is 51.1 Å². The number of carbonyl (C=O) groups is 3. The van der Waals surface area contributed by atoms with Gasteiger partial charge < -0.3 is 14.5 Å². The van der Waals surface area contributed by atoms with Gasteiger partial charge in [0.2, 0.25) is 5.91 Å². The molecule has 45 heavy (non-hydrogen) atoms. The third kappa shape index (κ3) is 5.05. The molecule has 0 N–H and O–H groups in total. The highest BCUT2D eigenvalue weighted by Crippen LogP contribution is 2.64. The van der Waals surface area contributed by atoms with Gasteiger partial charge in [0, 0.05) is 51.4 Å². The lowest BCUT2D eigenvalue weighted by Gasteiger charge is -2.37. The number of ether oxygens (including phenoxy) is 1. The van der Waals surface area contributed by atoms with Gasteiger partial charge in [-0.05, 0) is 61.9 Å². The number of alkyl halides is 2. The zero-order chi connectivity index (χ0) is 32.0. The Hall–Kier alpha value is -2.43. The molecule has 2 saturated carbocycles. The molecule has 4 atom stereocenters. The predicted molar refractivity (Wildman–Crippen MR) is 168 cm³/mol. The van der Waals surface area contributed by atoms with Crippen LogP contribution in [0.2, 0.25) is 20.1 Å². The fourth-order valence-corrected chi connectivity index (χ4v) is 8.69. The van der Waals surface area contributed by atoms with Gasteiger partial charge in [0.15, 0.2) is 0 Å². The predicted octanol–water partition coefficient (Wildman–Crippen LogP) is 7.13. The molecule has 7 nitrogen and oxygen atoms in total. The van der Waals surface area contributed by atoms with E-state index < -0.39 is 60.1 Å². The molecular weight excluding hydrogens is 670 g/mol. The first-order chi connectivity index (χ1) is 21.4. The molecule has 13 heteroatoms. The summed E-state index contributed by atoms with van der Waals surface area (Å²) in [6.45, 7) is 2.85. The summed E-state index contributed by atoms with van der Waals surface area (Å²) in [6.07, 6.45) is 3.75. The van der Waals surface area contributed by atoms with Gasteiger partial charge in [0.25, 0.3) is 11.8 Å². The Morgan fingerprint density at radius 3 is 2.31 bits per heavy atom. The van der Waals surface area contributed by atoms with E-state index in [0.29, 0.717) is 24.2 Å². The minimum atomic E-state index is -3.25. The van der Waals surface area contributed by atoms with E-state index in [1.807, 2.05) is 0 Å². The van der Waals surface area contributed by atoms with Crippen LogP contribution < -0.4 is 9.80 Å². The second-order valence-electron chi connectivity index (χ2n) is 12.7. The quantitative estimate of drug-likeness (QED) is 0.217. The maximum Gasteiger partial charge on any atom is 0.312 e. The van der Waals surface area contributed by atoms with E-state index in [1.54, 1.807) is 12.1 Å². The van der Waals surface area contributed by atoms with Gasteiger partial charge in [-0.15, -0.1) is 0 Å². The van der Waals surface area contributed by atoms with Crippen molar-refractivity contribution < 1.29 is 27.9 Å². The van der Waals surface area contributed by atoms with Crippen molar-refractivity contribution in [2.24, 2.45) is 17.8 Å². The van der Waals surface area contributed by atoms with Crippen LogP contribution in [0.15, 0.2) is 43.0 Å². The molecule has 5 aliphatic rings. The summed E-state index contributed by atoms with van der Waals surface area (Å²) < 4.78 is 36.7. The van der Waals surface area contributed by atoms with Crippen molar-refractivity contribution in [2.75, 3.05) is 29.5 Å². The van der Waals surface area contributed by atoms with Crippen molar-refractivity contribution >= 4 is 75.6 Å². The van der Waals surface area contributed by atoms with Crippen LogP contribution in [0, 0.1) is 17.8 Å². The van der Waals surface area contributed by atoms with E-state index in [-0.39, 0.29) is 50.8 Å². The smallest absolute Gasteiger partial charge is 0.312 e. The zero-order valence-corrected chi connectivity index (χ0v) is 27.0. The Labute approximate surface area is 278 Å². The highest BCUT2D eigenvalue weighted by Gasteiger charge is 2.76. The number of benzene rings is 2. The molecule has 0 aromatic heterocycles. The van der Waals surface area contributed by atoms with Crippen molar-refractivity contribution in [3.63, 3.8) is 0 Å². The summed E-state index contributed by atoms with van der Waals surface area (Å²) in [6, 6.07) is 6.27. The Bertz CT molecular complexity index is 1610. The first kappa shape index (κ1) is 31.2. The number of halogens is 6. The average Bonchev–Trinajstić information content (AvgIpc) is 3.88. The SMILES string of the molecule is C=CCOC(=O)[C@H]1[C@@H](C(=O)N(CC2CC2)c2cc(Cl)cc(Cl)c2)[C@H]2CC(F)(F)CN2[C@]12C(=O)N(C1CC1)c1c(Cl)cc(Cl)cc12. The molecule has 238 valence electrons. The van der Waals surface area contributed by atoms with Crippen LogP contribution >= 0.6 is 46.4 Å². The third-order valence-electron chi connectivity index (χ3n) is 9.57. The number of hydrogen-bond donors (Lipinski definition) is 0. The Morgan fingerprint density at radius 2 is 1.69 bits per heavy atom. The van der Waals surface area contributed by atoms with Gasteiger partial charge in [-0.25, -0.2) is 8.78 Å². The monoisotopic (exact) mass is 697 g/mol. The number of carbonyl (C=O) groups excluding carboxylic acids is 3. The number of rotatable bonds is 8. The Kier molecular flexibility index (Phi) is 7.68. The normalized spacial score (nSPS) is 28.4. The molecule has 2 saturated heterocycles. The fourth-order valence-electron chi connectivity index (χ4n) is 7.59. The maximum atomic E-state index is 15.5. The molecule has 4 fully saturated rings. The molecule has 3 heterocycles. The van der Waals surface area contributed by atoms with Gasteiger partial charge in [0.1, 0.15) is 18.1 Å². The van der Waals surface area contributed by atoms with Crippen LogP contribution in [-0.2, 0) is 24.7 Å². The van der Waals surface area contributed by atoms with Crippen LogP contribution in [0.5, 0.6) is 0 Å². The molecule has 3 aliphatic heterocycles. The Balaban J connectivity index is 1.45. The van der Waals surface area contributed by atoms with E-state index in [0.717, 1.165) is 12.8 Å². The number of fused-ring (bicyclic) bond motifs is 4. The lowest BCUT2D eigenvalue weighted by molar-refractivity contribution is -0.158. The second kappa shape index (κ2) is 11.1. The summed E-state index contributed by atoms with van der Waals surface area (Å²) in [5, 5.41) is 0.903. The molecule has 2 aromatic carbocycles. The van der Waals surface area contributed by atoms with Gasteiger partial charge >= 0.3 is 5.97 Å². The first-order valence-electron chi connectivity index (χ1n) is 14.9. The maximum absolute atomic E-state index is 15.5. The number of esters is 1. The molecule has 2 aromatic rings. The number of nitrogens with zero attached hydrogens (tertiary/aromatic N) is 3. The second-order valence-corrected chi connectivity index (χ2v) is 14.4. The summed E-state index contributed by atoms with van der Waals surface area (Å²) in [5.74, 6) is -7.99. The average molecular weight is 699 g/mol. The molecule has 0 bridgehead atoms. The van der Waals surface area contributed by atoms with Gasteiger partial charge in [-0.1, -0.05) is 59.1 Å². The lowest BCUT2D eigenvalue weighted by Crippen LogP contribution is -2.57. The van der Waals surface area contributed by atoms with Crippen molar-refractivity contribution in [3.8, 4) is 0 Å². The van der Waals surface area contributed by atoms with Crippen LogP contribution in [0.25, 0.3) is 0 Å². The van der Waals surface area contributed by atoms with Gasteiger partial charge in [-0.3, -0.25) is 19.3 Å². The summed E-state index contributed by atoms with van der Waals surface area (Å²) in [5.41, 5.74) is -1.07. The molecule has 1 spiro atoms. The van der Waals surface area contributed by atoms with Crippen LogP contribution in [0.1, 0.15) is 37.7 Å². The molecule has 0 radical (unpaired) electrons. The summed E-state index contributed by atoms with van der Waals surface area (Å²) in [7, 11) is 0. The largest absolute Gasteiger partial charge is 0.461 e. The minimum Gasteiger partial charge on any atom is -0.461 e. The van der Waals surface area contributed by atoms with Crippen LogP contribution in [0.3, 0.4) is 0 Å². The summed E-state index contributed by atoms with van der Waals surface area (Å²) in [4.78, 5) is 48.5. The Morgan fingerprint density at radius 1 is 1.02 bits per heavy atom. The van der Waals surface area contributed by atoms with Gasteiger partial charge in [0.05, 0.1) is 23.2 Å². The van der Waals surface area contributed by atoms with Crippen molar-refractivity contribution in [2.45, 2.75) is 55.6 Å².